The van der Waals surface area contributed by atoms with Crippen molar-refractivity contribution in [3.05, 3.63) is 29.8 Å². The summed E-state index contributed by atoms with van der Waals surface area (Å²) in [4.78, 5) is 0. The van der Waals surface area contributed by atoms with Crippen molar-refractivity contribution in [1.29, 1.82) is 5.26 Å². The van der Waals surface area contributed by atoms with Gasteiger partial charge in [-0.3, -0.25) is 0 Å². The van der Waals surface area contributed by atoms with Gasteiger partial charge in [0, 0.05) is 11.8 Å². The summed E-state index contributed by atoms with van der Waals surface area (Å²) in [7, 11) is 0. The van der Waals surface area contributed by atoms with Crippen molar-refractivity contribution in [2.45, 2.75) is 32.3 Å². The third-order valence-corrected chi connectivity index (χ3v) is 3.32. The number of hydrogen-bond donors (Lipinski definition) is 1. The molecule has 0 heterocycles. The van der Waals surface area contributed by atoms with Crippen LogP contribution in [0.25, 0.3) is 0 Å². The number of rotatable bonds is 5. The Morgan fingerprint density at radius 2 is 2.06 bits per heavy atom. The van der Waals surface area contributed by atoms with E-state index in [0.717, 1.165) is 24.2 Å². The molecule has 0 aromatic heterocycles. The van der Waals surface area contributed by atoms with Gasteiger partial charge in [0.15, 0.2) is 0 Å². The molecule has 0 aliphatic heterocycles. The zero-order chi connectivity index (χ0) is 12.3. The van der Waals surface area contributed by atoms with Gasteiger partial charge in [-0.15, -0.1) is 0 Å². The van der Waals surface area contributed by atoms with E-state index in [-0.39, 0.29) is 5.41 Å². The lowest BCUT2D eigenvalue weighted by Crippen LogP contribution is -2.12. The largest absolute Gasteiger partial charge is 0.493 e. The van der Waals surface area contributed by atoms with E-state index in [2.05, 4.69) is 6.07 Å². The summed E-state index contributed by atoms with van der Waals surface area (Å²) in [6.45, 7) is 2.36. The van der Waals surface area contributed by atoms with Crippen molar-refractivity contribution in [2.24, 2.45) is 5.41 Å². The van der Waals surface area contributed by atoms with Crippen molar-refractivity contribution in [3.63, 3.8) is 0 Å². The topological polar surface area (TPSA) is 53.2 Å². The Morgan fingerprint density at radius 1 is 1.41 bits per heavy atom. The number of ether oxygens (including phenoxy) is 1. The van der Waals surface area contributed by atoms with Gasteiger partial charge in [-0.05, 0) is 37.5 Å². The summed E-state index contributed by atoms with van der Waals surface area (Å²) in [5.41, 5.74) is 0.994. The van der Waals surface area contributed by atoms with Gasteiger partial charge in [-0.2, -0.15) is 5.26 Å². The van der Waals surface area contributed by atoms with Crippen LogP contribution in [0, 0.1) is 16.7 Å². The molecule has 1 saturated carbocycles. The Kier molecular flexibility index (Phi) is 3.35. The van der Waals surface area contributed by atoms with Crippen LogP contribution < -0.4 is 4.74 Å². The molecule has 1 atom stereocenters. The van der Waals surface area contributed by atoms with E-state index < -0.39 is 6.10 Å². The number of aliphatic hydroxyl groups excluding tert-OH is 1. The van der Waals surface area contributed by atoms with Crippen molar-refractivity contribution >= 4 is 0 Å². The van der Waals surface area contributed by atoms with Crippen LogP contribution in [0.4, 0.5) is 0 Å². The quantitative estimate of drug-likeness (QED) is 0.847. The van der Waals surface area contributed by atoms with Gasteiger partial charge in [0.25, 0.3) is 0 Å². The van der Waals surface area contributed by atoms with Crippen LogP contribution in [-0.4, -0.2) is 11.7 Å². The maximum atomic E-state index is 9.38. The Bertz CT molecular complexity index is 413. The van der Waals surface area contributed by atoms with Crippen molar-refractivity contribution in [1.82, 2.24) is 0 Å². The highest BCUT2D eigenvalue weighted by atomic mass is 16.5. The fourth-order valence-corrected chi connectivity index (χ4v) is 1.80. The Labute approximate surface area is 102 Å². The normalized spacial score (nSPS) is 18.2. The number of nitriles is 1. The van der Waals surface area contributed by atoms with Gasteiger partial charge in [-0.1, -0.05) is 12.1 Å². The summed E-state index contributed by atoms with van der Waals surface area (Å²) in [5, 5.41) is 18.1. The Hall–Kier alpha value is -1.53. The van der Waals surface area contributed by atoms with E-state index in [0.29, 0.717) is 13.0 Å². The first-order valence-electron chi connectivity index (χ1n) is 5.93. The van der Waals surface area contributed by atoms with Crippen LogP contribution in [-0.2, 0) is 0 Å². The molecule has 17 heavy (non-hydrogen) atoms. The van der Waals surface area contributed by atoms with Gasteiger partial charge >= 0.3 is 0 Å². The van der Waals surface area contributed by atoms with E-state index >= 15 is 0 Å². The average Bonchev–Trinajstić information content (AvgIpc) is 3.08. The molecule has 1 aromatic carbocycles. The number of hydrogen-bond acceptors (Lipinski definition) is 3. The molecule has 1 aliphatic rings. The summed E-state index contributed by atoms with van der Waals surface area (Å²) in [6, 6.07) is 9.68. The fraction of sp³-hybridized carbons (Fsp3) is 0.500. The lowest BCUT2D eigenvalue weighted by atomic mass is 10.1. The van der Waals surface area contributed by atoms with E-state index in [9.17, 15) is 5.11 Å². The maximum absolute atomic E-state index is 9.38. The molecular formula is C14H17NO2. The van der Waals surface area contributed by atoms with Gasteiger partial charge in [-0.25, -0.2) is 0 Å². The van der Waals surface area contributed by atoms with E-state index in [1.807, 2.05) is 24.3 Å². The molecule has 3 heteroatoms. The Balaban J connectivity index is 1.90. The summed E-state index contributed by atoms with van der Waals surface area (Å²) in [5.74, 6) is 0.804. The second-order valence-corrected chi connectivity index (χ2v) is 4.87. The number of benzene rings is 1. The SMILES string of the molecule is C[C@H](O)c1ccc(OCC2(CC#N)CC2)cc1. The molecule has 1 N–H and O–H groups in total. The predicted molar refractivity (Wildman–Crippen MR) is 64.5 cm³/mol. The third-order valence-electron chi connectivity index (χ3n) is 3.32. The average molecular weight is 231 g/mol. The maximum Gasteiger partial charge on any atom is 0.119 e. The molecule has 0 radical (unpaired) electrons. The third kappa shape index (κ3) is 2.98. The molecule has 1 fully saturated rings. The number of nitrogens with zero attached hydrogens (tertiary/aromatic N) is 1. The van der Waals surface area contributed by atoms with Crippen LogP contribution in [0.3, 0.4) is 0 Å². The zero-order valence-corrected chi connectivity index (χ0v) is 10.0. The summed E-state index contributed by atoms with van der Waals surface area (Å²) in [6.07, 6.45) is 2.31. The highest BCUT2D eigenvalue weighted by molar-refractivity contribution is 5.28. The van der Waals surface area contributed by atoms with E-state index in [1.54, 1.807) is 6.92 Å². The second kappa shape index (κ2) is 4.77. The molecule has 0 saturated heterocycles. The predicted octanol–water partition coefficient (Wildman–Crippen LogP) is 2.81. The second-order valence-electron chi connectivity index (χ2n) is 4.87. The van der Waals surface area contributed by atoms with Gasteiger partial charge in [0.2, 0.25) is 0 Å². The van der Waals surface area contributed by atoms with Crippen LogP contribution in [0.15, 0.2) is 24.3 Å². The highest BCUT2D eigenvalue weighted by Crippen LogP contribution is 2.48. The van der Waals surface area contributed by atoms with Crippen molar-refractivity contribution in [2.75, 3.05) is 6.61 Å². The molecule has 3 nitrogen and oxygen atoms in total. The molecule has 0 unspecified atom stereocenters. The molecule has 0 amide bonds. The van der Waals surface area contributed by atoms with E-state index in [1.165, 1.54) is 0 Å². The molecule has 0 spiro atoms. The van der Waals surface area contributed by atoms with Crippen LogP contribution in [0.2, 0.25) is 0 Å². The first-order valence-corrected chi connectivity index (χ1v) is 5.93. The van der Waals surface area contributed by atoms with Gasteiger partial charge in [0.1, 0.15) is 5.75 Å². The molecular weight excluding hydrogens is 214 g/mol. The molecule has 1 aliphatic carbocycles. The fourth-order valence-electron chi connectivity index (χ4n) is 1.80. The standard InChI is InChI=1S/C14H17NO2/c1-11(16)12-2-4-13(5-3-12)17-10-14(6-7-14)8-9-15/h2-5,11,16H,6-8,10H2,1H3/t11-/m0/s1. The first-order chi connectivity index (χ1) is 8.15. The molecule has 1 aromatic rings. The highest BCUT2D eigenvalue weighted by Gasteiger charge is 2.43. The molecule has 90 valence electrons. The minimum Gasteiger partial charge on any atom is -0.493 e. The molecule has 2 rings (SSSR count). The summed E-state index contributed by atoms with van der Waals surface area (Å²) >= 11 is 0. The number of aliphatic hydroxyl groups is 1. The monoisotopic (exact) mass is 231 g/mol. The lowest BCUT2D eigenvalue weighted by molar-refractivity contribution is 0.199. The molecule has 0 bridgehead atoms. The zero-order valence-electron chi connectivity index (χ0n) is 10.0. The van der Waals surface area contributed by atoms with Gasteiger partial charge < -0.3 is 9.84 Å². The smallest absolute Gasteiger partial charge is 0.119 e. The minimum atomic E-state index is -0.447. The van der Waals surface area contributed by atoms with Crippen LogP contribution in [0.5, 0.6) is 5.75 Å². The minimum absolute atomic E-state index is 0.109. The van der Waals surface area contributed by atoms with Crippen LogP contribution >= 0.6 is 0 Å². The Morgan fingerprint density at radius 3 is 2.53 bits per heavy atom. The van der Waals surface area contributed by atoms with Gasteiger partial charge in [0.05, 0.1) is 18.8 Å². The van der Waals surface area contributed by atoms with Crippen molar-refractivity contribution in [3.8, 4) is 11.8 Å². The van der Waals surface area contributed by atoms with E-state index in [4.69, 9.17) is 10.00 Å². The lowest BCUT2D eigenvalue weighted by Gasteiger charge is -2.13. The summed E-state index contributed by atoms with van der Waals surface area (Å²) < 4.78 is 5.69. The van der Waals surface area contributed by atoms with Crippen LogP contribution in [0.1, 0.15) is 37.9 Å². The van der Waals surface area contributed by atoms with Crippen molar-refractivity contribution < 1.29 is 9.84 Å². The first kappa shape index (κ1) is 11.9.